The number of hydrogen-bond donors (Lipinski definition) is 0. The second kappa shape index (κ2) is 4.49. The van der Waals surface area contributed by atoms with Gasteiger partial charge in [-0.15, -0.1) is 0 Å². The molecule has 2 nitrogen and oxygen atoms in total. The standard InChI is InChI=1S/C16H16O2S/c1-12-7-9-14(10-8-12)19(17,18)16-11-15(16)13-5-3-2-4-6-13/h2-10,15-16H,11H2,1H3/t15-,16?/m0/s1. The molecule has 0 N–H and O–H groups in total. The lowest BCUT2D eigenvalue weighted by Gasteiger charge is -2.04. The van der Waals surface area contributed by atoms with Gasteiger partial charge in [0.2, 0.25) is 0 Å². The molecule has 2 aromatic rings. The molecule has 1 fully saturated rings. The SMILES string of the molecule is Cc1ccc(S(=O)(=O)C2C[C@H]2c2ccccc2)cc1. The summed E-state index contributed by atoms with van der Waals surface area (Å²) in [5, 5.41) is -0.252. The molecule has 1 aliphatic carbocycles. The third-order valence-electron chi connectivity index (χ3n) is 3.71. The highest BCUT2D eigenvalue weighted by Gasteiger charge is 2.48. The maximum atomic E-state index is 12.5. The summed E-state index contributed by atoms with van der Waals surface area (Å²) in [7, 11) is -3.18. The summed E-state index contributed by atoms with van der Waals surface area (Å²) in [5.41, 5.74) is 2.21. The van der Waals surface area contributed by atoms with Crippen molar-refractivity contribution < 1.29 is 8.42 Å². The van der Waals surface area contributed by atoms with Crippen molar-refractivity contribution >= 4 is 9.84 Å². The Labute approximate surface area is 114 Å². The van der Waals surface area contributed by atoms with Gasteiger partial charge < -0.3 is 0 Å². The van der Waals surface area contributed by atoms with E-state index < -0.39 is 9.84 Å². The molecule has 19 heavy (non-hydrogen) atoms. The molecule has 2 aromatic carbocycles. The Morgan fingerprint density at radius 1 is 0.947 bits per heavy atom. The van der Waals surface area contributed by atoms with Crippen LogP contribution in [0.15, 0.2) is 59.5 Å². The van der Waals surface area contributed by atoms with Gasteiger partial charge in [0.05, 0.1) is 10.1 Å². The average molecular weight is 272 g/mol. The smallest absolute Gasteiger partial charge is 0.181 e. The Kier molecular flexibility index (Phi) is 2.94. The molecule has 3 rings (SSSR count). The van der Waals surface area contributed by atoms with Gasteiger partial charge in [-0.2, -0.15) is 0 Å². The van der Waals surface area contributed by atoms with Crippen LogP contribution in [0.3, 0.4) is 0 Å². The van der Waals surface area contributed by atoms with Crippen molar-refractivity contribution in [3.05, 3.63) is 65.7 Å². The highest BCUT2D eigenvalue weighted by Crippen LogP contribution is 2.47. The third kappa shape index (κ3) is 2.30. The van der Waals surface area contributed by atoms with Crippen LogP contribution in [0.5, 0.6) is 0 Å². The largest absolute Gasteiger partial charge is 0.223 e. The summed E-state index contributed by atoms with van der Waals surface area (Å²) in [5.74, 6) is 0.160. The highest BCUT2D eigenvalue weighted by molar-refractivity contribution is 7.92. The van der Waals surface area contributed by atoms with Crippen molar-refractivity contribution in [2.75, 3.05) is 0 Å². The molecule has 1 aliphatic rings. The lowest BCUT2D eigenvalue weighted by molar-refractivity contribution is 0.594. The van der Waals surface area contributed by atoms with Crippen LogP contribution < -0.4 is 0 Å². The van der Waals surface area contributed by atoms with Gasteiger partial charge in [0.15, 0.2) is 9.84 Å². The molecular weight excluding hydrogens is 256 g/mol. The van der Waals surface area contributed by atoms with Gasteiger partial charge in [0.25, 0.3) is 0 Å². The van der Waals surface area contributed by atoms with Gasteiger partial charge in [-0.05, 0) is 31.0 Å². The Balaban J connectivity index is 1.86. The Bertz CT molecular complexity index is 672. The zero-order valence-electron chi connectivity index (χ0n) is 10.8. The molecule has 3 heteroatoms. The normalized spacial score (nSPS) is 22.2. The van der Waals surface area contributed by atoms with E-state index in [4.69, 9.17) is 0 Å². The zero-order chi connectivity index (χ0) is 13.5. The van der Waals surface area contributed by atoms with Crippen LogP contribution in [-0.4, -0.2) is 13.7 Å². The van der Waals surface area contributed by atoms with Crippen LogP contribution >= 0.6 is 0 Å². The third-order valence-corrected chi connectivity index (χ3v) is 5.96. The fourth-order valence-corrected chi connectivity index (χ4v) is 4.38. The minimum absolute atomic E-state index is 0.160. The van der Waals surface area contributed by atoms with Crippen molar-refractivity contribution in [3.63, 3.8) is 0 Å². The predicted octanol–water partition coefficient (Wildman–Crippen LogP) is 3.32. The second-order valence-electron chi connectivity index (χ2n) is 5.15. The fraction of sp³-hybridized carbons (Fsp3) is 0.250. The van der Waals surface area contributed by atoms with Crippen LogP contribution in [0, 0.1) is 6.92 Å². The first-order valence-corrected chi connectivity index (χ1v) is 7.99. The summed E-state index contributed by atoms with van der Waals surface area (Å²) in [6, 6.07) is 17.0. The van der Waals surface area contributed by atoms with Crippen LogP contribution in [0.4, 0.5) is 0 Å². The number of hydrogen-bond acceptors (Lipinski definition) is 2. The summed E-state index contributed by atoms with van der Waals surface area (Å²) in [6.07, 6.45) is 0.736. The molecule has 0 saturated heterocycles. The summed E-state index contributed by atoms with van der Waals surface area (Å²) >= 11 is 0. The van der Waals surface area contributed by atoms with E-state index in [1.54, 1.807) is 12.1 Å². The van der Waals surface area contributed by atoms with Crippen molar-refractivity contribution in [3.8, 4) is 0 Å². The lowest BCUT2D eigenvalue weighted by Crippen LogP contribution is -2.09. The monoisotopic (exact) mass is 272 g/mol. The number of sulfone groups is 1. The molecule has 1 unspecified atom stereocenters. The van der Waals surface area contributed by atoms with E-state index >= 15 is 0 Å². The molecule has 0 heterocycles. The van der Waals surface area contributed by atoms with E-state index in [1.165, 1.54) is 0 Å². The van der Waals surface area contributed by atoms with Crippen molar-refractivity contribution in [2.45, 2.75) is 29.4 Å². The van der Waals surface area contributed by atoms with E-state index in [0.29, 0.717) is 4.90 Å². The van der Waals surface area contributed by atoms with Crippen LogP contribution in [0.2, 0.25) is 0 Å². The Morgan fingerprint density at radius 3 is 2.21 bits per heavy atom. The molecule has 0 amide bonds. The van der Waals surface area contributed by atoms with Gasteiger partial charge in [-0.25, -0.2) is 8.42 Å². The minimum atomic E-state index is -3.18. The first-order valence-electron chi connectivity index (χ1n) is 6.44. The second-order valence-corrected chi connectivity index (χ2v) is 7.32. The van der Waals surface area contributed by atoms with E-state index in [0.717, 1.165) is 17.5 Å². The molecule has 0 aromatic heterocycles. The fourth-order valence-electron chi connectivity index (χ4n) is 2.47. The maximum absolute atomic E-state index is 12.5. The van der Waals surface area contributed by atoms with Gasteiger partial charge in [-0.3, -0.25) is 0 Å². The van der Waals surface area contributed by atoms with Crippen molar-refractivity contribution in [2.24, 2.45) is 0 Å². The summed E-state index contributed by atoms with van der Waals surface area (Å²) in [4.78, 5) is 0.446. The molecule has 0 spiro atoms. The van der Waals surface area contributed by atoms with Crippen LogP contribution in [-0.2, 0) is 9.84 Å². The highest BCUT2D eigenvalue weighted by atomic mass is 32.2. The zero-order valence-corrected chi connectivity index (χ0v) is 11.6. The first-order chi connectivity index (χ1) is 9.09. The average Bonchev–Trinajstić information content (AvgIpc) is 3.21. The molecule has 0 radical (unpaired) electrons. The number of benzene rings is 2. The first kappa shape index (κ1) is 12.4. The van der Waals surface area contributed by atoms with Crippen molar-refractivity contribution in [1.29, 1.82) is 0 Å². The molecular formula is C16H16O2S. The topological polar surface area (TPSA) is 34.1 Å². The van der Waals surface area contributed by atoms with Gasteiger partial charge >= 0.3 is 0 Å². The van der Waals surface area contributed by atoms with E-state index in [1.807, 2.05) is 49.4 Å². The summed E-state index contributed by atoms with van der Waals surface area (Å²) < 4.78 is 25.0. The van der Waals surface area contributed by atoms with Gasteiger partial charge in [0, 0.05) is 5.92 Å². The number of rotatable bonds is 3. The van der Waals surface area contributed by atoms with E-state index in [-0.39, 0.29) is 11.2 Å². The quantitative estimate of drug-likeness (QED) is 0.859. The summed E-state index contributed by atoms with van der Waals surface area (Å²) in [6.45, 7) is 1.96. The van der Waals surface area contributed by atoms with Crippen LogP contribution in [0.25, 0.3) is 0 Å². The number of aryl methyl sites for hydroxylation is 1. The molecule has 0 bridgehead atoms. The van der Waals surface area contributed by atoms with E-state index in [2.05, 4.69) is 0 Å². The van der Waals surface area contributed by atoms with Gasteiger partial charge in [-0.1, -0.05) is 48.0 Å². The lowest BCUT2D eigenvalue weighted by atomic mass is 10.1. The Morgan fingerprint density at radius 2 is 1.58 bits per heavy atom. The van der Waals surface area contributed by atoms with Gasteiger partial charge in [0.1, 0.15) is 0 Å². The molecule has 98 valence electrons. The maximum Gasteiger partial charge on any atom is 0.181 e. The van der Waals surface area contributed by atoms with E-state index in [9.17, 15) is 8.42 Å². The predicted molar refractivity (Wildman–Crippen MR) is 76.0 cm³/mol. The molecule has 2 atom stereocenters. The molecule has 0 aliphatic heterocycles. The molecule has 1 saturated carbocycles. The van der Waals surface area contributed by atoms with Crippen molar-refractivity contribution in [1.82, 2.24) is 0 Å². The van der Waals surface area contributed by atoms with Crippen LogP contribution in [0.1, 0.15) is 23.5 Å². The Hall–Kier alpha value is -1.61. The minimum Gasteiger partial charge on any atom is -0.223 e.